The van der Waals surface area contributed by atoms with Crippen molar-refractivity contribution in [1.82, 2.24) is 4.72 Å². The Morgan fingerprint density at radius 1 is 1.30 bits per heavy atom. The number of hydrogen-bond acceptors (Lipinski definition) is 4. The highest BCUT2D eigenvalue weighted by atomic mass is 32.2. The Morgan fingerprint density at radius 2 is 1.85 bits per heavy atom. The summed E-state index contributed by atoms with van der Waals surface area (Å²) in [7, 11) is -2.52. The van der Waals surface area contributed by atoms with Gasteiger partial charge in [0, 0.05) is 0 Å². The molecule has 1 aromatic rings. The van der Waals surface area contributed by atoms with Gasteiger partial charge in [0.2, 0.25) is 10.0 Å². The highest BCUT2D eigenvalue weighted by molar-refractivity contribution is 7.88. The fourth-order valence-corrected chi connectivity index (χ4v) is 3.09. The molecular formula is C13H18FNO4S. The Hall–Kier alpha value is -1.47. The van der Waals surface area contributed by atoms with Crippen molar-refractivity contribution in [3.63, 3.8) is 0 Å². The lowest BCUT2D eigenvalue weighted by molar-refractivity contribution is -0.143. The first-order valence-electron chi connectivity index (χ1n) is 6.07. The SMILES string of the molecule is COC(=O)C(NS(=O)(=O)Cc1ccc(F)cc1)C(C)C. The van der Waals surface area contributed by atoms with Crippen LogP contribution in [0.3, 0.4) is 0 Å². The second kappa shape index (κ2) is 6.81. The van der Waals surface area contributed by atoms with Crippen LogP contribution in [0.2, 0.25) is 0 Å². The fourth-order valence-electron chi connectivity index (χ4n) is 1.62. The van der Waals surface area contributed by atoms with Crippen LogP contribution in [0.1, 0.15) is 19.4 Å². The van der Waals surface area contributed by atoms with E-state index >= 15 is 0 Å². The summed E-state index contributed by atoms with van der Waals surface area (Å²) in [5, 5.41) is 0. The summed E-state index contributed by atoms with van der Waals surface area (Å²) in [4.78, 5) is 11.5. The predicted octanol–water partition coefficient (Wildman–Crippen LogP) is 1.44. The van der Waals surface area contributed by atoms with Crippen molar-refractivity contribution < 1.29 is 22.3 Å². The van der Waals surface area contributed by atoms with E-state index in [1.54, 1.807) is 13.8 Å². The summed E-state index contributed by atoms with van der Waals surface area (Å²) in [5.41, 5.74) is 0.436. The average Bonchev–Trinajstić information content (AvgIpc) is 2.37. The Labute approximate surface area is 118 Å². The number of esters is 1. The third kappa shape index (κ3) is 4.90. The molecule has 0 aliphatic carbocycles. The van der Waals surface area contributed by atoms with Crippen LogP contribution in [0.5, 0.6) is 0 Å². The summed E-state index contributed by atoms with van der Waals surface area (Å²) in [5.74, 6) is -1.64. The molecule has 20 heavy (non-hydrogen) atoms. The molecule has 0 heterocycles. The highest BCUT2D eigenvalue weighted by Gasteiger charge is 2.28. The lowest BCUT2D eigenvalue weighted by atomic mass is 10.1. The molecule has 1 N–H and O–H groups in total. The van der Waals surface area contributed by atoms with Crippen LogP contribution in [0.4, 0.5) is 4.39 Å². The predicted molar refractivity (Wildman–Crippen MR) is 72.8 cm³/mol. The van der Waals surface area contributed by atoms with Gasteiger partial charge in [-0.3, -0.25) is 4.79 Å². The maximum absolute atomic E-state index is 12.8. The molecule has 0 saturated heterocycles. The van der Waals surface area contributed by atoms with Crippen LogP contribution < -0.4 is 4.72 Å². The number of nitrogens with one attached hydrogen (secondary N) is 1. The summed E-state index contributed by atoms with van der Waals surface area (Å²) in [6.45, 7) is 3.42. The lowest BCUT2D eigenvalue weighted by Crippen LogP contribution is -2.45. The number of halogens is 1. The maximum Gasteiger partial charge on any atom is 0.324 e. The molecule has 0 aromatic heterocycles. The number of rotatable bonds is 6. The van der Waals surface area contributed by atoms with Gasteiger partial charge in [-0.25, -0.2) is 17.5 Å². The molecule has 0 spiro atoms. The standard InChI is InChI=1S/C13H18FNO4S/c1-9(2)12(13(16)19-3)15-20(17,18)8-10-4-6-11(14)7-5-10/h4-7,9,12,15H,8H2,1-3H3. The van der Waals surface area contributed by atoms with Crippen molar-refractivity contribution in [2.45, 2.75) is 25.6 Å². The van der Waals surface area contributed by atoms with E-state index in [1.165, 1.54) is 31.4 Å². The quantitative estimate of drug-likeness (QED) is 0.807. The molecule has 112 valence electrons. The molecular weight excluding hydrogens is 285 g/mol. The van der Waals surface area contributed by atoms with Gasteiger partial charge in [0.25, 0.3) is 0 Å². The number of carbonyl (C=O) groups excluding carboxylic acids is 1. The number of sulfonamides is 1. The molecule has 0 aliphatic rings. The zero-order valence-corrected chi connectivity index (χ0v) is 12.4. The van der Waals surface area contributed by atoms with E-state index < -0.39 is 27.9 Å². The summed E-state index contributed by atoms with van der Waals surface area (Å²) < 4.78 is 43.7. The monoisotopic (exact) mass is 303 g/mol. The van der Waals surface area contributed by atoms with Crippen LogP contribution in [-0.2, 0) is 25.3 Å². The van der Waals surface area contributed by atoms with Gasteiger partial charge < -0.3 is 4.74 Å². The van der Waals surface area contributed by atoms with Crippen molar-refractivity contribution in [2.75, 3.05) is 7.11 Å². The van der Waals surface area contributed by atoms with Gasteiger partial charge in [-0.2, -0.15) is 0 Å². The largest absolute Gasteiger partial charge is 0.468 e. The van der Waals surface area contributed by atoms with Crippen LogP contribution in [-0.4, -0.2) is 27.5 Å². The Bertz CT molecular complexity index is 554. The number of carbonyl (C=O) groups is 1. The van der Waals surface area contributed by atoms with Crippen LogP contribution in [0, 0.1) is 11.7 Å². The molecule has 0 amide bonds. The maximum atomic E-state index is 12.8. The number of hydrogen-bond donors (Lipinski definition) is 1. The Kier molecular flexibility index (Phi) is 5.64. The molecule has 0 aliphatic heterocycles. The molecule has 1 unspecified atom stereocenters. The normalized spacial score (nSPS) is 13.2. The third-order valence-electron chi connectivity index (χ3n) is 2.70. The van der Waals surface area contributed by atoms with Gasteiger partial charge in [0.1, 0.15) is 11.9 Å². The fraction of sp³-hybridized carbons (Fsp3) is 0.462. The number of benzene rings is 1. The minimum Gasteiger partial charge on any atom is -0.468 e. The molecule has 0 bridgehead atoms. The van der Waals surface area contributed by atoms with Crippen LogP contribution >= 0.6 is 0 Å². The van der Waals surface area contributed by atoms with E-state index in [0.29, 0.717) is 5.56 Å². The minimum atomic E-state index is -3.72. The van der Waals surface area contributed by atoms with Crippen molar-refractivity contribution >= 4 is 16.0 Å². The van der Waals surface area contributed by atoms with Gasteiger partial charge in [-0.1, -0.05) is 26.0 Å². The molecule has 0 radical (unpaired) electrons. The van der Waals surface area contributed by atoms with Crippen LogP contribution in [0.15, 0.2) is 24.3 Å². The van der Waals surface area contributed by atoms with E-state index in [0.717, 1.165) is 0 Å². The molecule has 5 nitrogen and oxygen atoms in total. The van der Waals surface area contributed by atoms with E-state index in [-0.39, 0.29) is 11.7 Å². The molecule has 0 fully saturated rings. The summed E-state index contributed by atoms with van der Waals surface area (Å²) in [6.07, 6.45) is 0. The second-order valence-corrected chi connectivity index (χ2v) is 6.50. The first-order valence-corrected chi connectivity index (χ1v) is 7.72. The summed E-state index contributed by atoms with van der Waals surface area (Å²) >= 11 is 0. The van der Waals surface area contributed by atoms with Gasteiger partial charge in [-0.15, -0.1) is 0 Å². The first-order chi connectivity index (χ1) is 9.25. The number of ether oxygens (including phenoxy) is 1. The van der Waals surface area contributed by atoms with E-state index in [1.807, 2.05) is 0 Å². The Morgan fingerprint density at radius 3 is 2.30 bits per heavy atom. The van der Waals surface area contributed by atoms with Crippen LogP contribution in [0.25, 0.3) is 0 Å². The molecule has 1 rings (SSSR count). The molecule has 0 saturated carbocycles. The molecule has 1 atom stereocenters. The molecule has 1 aromatic carbocycles. The highest BCUT2D eigenvalue weighted by Crippen LogP contribution is 2.10. The number of methoxy groups -OCH3 is 1. The van der Waals surface area contributed by atoms with E-state index in [4.69, 9.17) is 0 Å². The zero-order valence-electron chi connectivity index (χ0n) is 11.6. The summed E-state index contributed by atoms with van der Waals surface area (Å²) in [6, 6.07) is 4.20. The zero-order chi connectivity index (χ0) is 15.3. The van der Waals surface area contributed by atoms with E-state index in [2.05, 4.69) is 9.46 Å². The second-order valence-electron chi connectivity index (χ2n) is 4.75. The Balaban J connectivity index is 2.82. The molecule has 7 heteroatoms. The van der Waals surface area contributed by atoms with Crippen molar-refractivity contribution in [3.05, 3.63) is 35.6 Å². The van der Waals surface area contributed by atoms with Crippen molar-refractivity contribution in [1.29, 1.82) is 0 Å². The van der Waals surface area contributed by atoms with Gasteiger partial charge in [-0.05, 0) is 23.6 Å². The smallest absolute Gasteiger partial charge is 0.324 e. The van der Waals surface area contributed by atoms with Gasteiger partial charge in [0.05, 0.1) is 12.9 Å². The van der Waals surface area contributed by atoms with E-state index in [9.17, 15) is 17.6 Å². The van der Waals surface area contributed by atoms with Gasteiger partial charge in [0.15, 0.2) is 0 Å². The van der Waals surface area contributed by atoms with Gasteiger partial charge >= 0.3 is 5.97 Å². The third-order valence-corrected chi connectivity index (χ3v) is 4.02. The minimum absolute atomic E-state index is 0.245. The first kappa shape index (κ1) is 16.6. The van der Waals surface area contributed by atoms with Crippen molar-refractivity contribution in [2.24, 2.45) is 5.92 Å². The average molecular weight is 303 g/mol. The lowest BCUT2D eigenvalue weighted by Gasteiger charge is -2.19. The topological polar surface area (TPSA) is 72.5 Å². The van der Waals surface area contributed by atoms with Crippen molar-refractivity contribution in [3.8, 4) is 0 Å².